The molecule has 6 heteroatoms. The largest absolute Gasteiger partial charge is 0.417 e. The Morgan fingerprint density at radius 1 is 1.07 bits per heavy atom. The lowest BCUT2D eigenvalue weighted by atomic mass is 10.0. The average molecular weight is 376 g/mol. The Hall–Kier alpha value is -2.86. The molecule has 1 aromatic heterocycles. The van der Waals surface area contributed by atoms with Gasteiger partial charge in [0.1, 0.15) is 0 Å². The summed E-state index contributed by atoms with van der Waals surface area (Å²) in [6.45, 7) is 4.22. The van der Waals surface area contributed by atoms with Crippen molar-refractivity contribution in [3.05, 3.63) is 70.2 Å². The van der Waals surface area contributed by atoms with Gasteiger partial charge in [-0.1, -0.05) is 36.4 Å². The smallest absolute Gasteiger partial charge is 0.408 e. The number of piperidine rings is 1. The fraction of sp³-hybridized carbons (Fsp3) is 0.364. The van der Waals surface area contributed by atoms with E-state index in [4.69, 9.17) is 9.52 Å². The Balaban J connectivity index is 1.23. The molecule has 1 saturated heterocycles. The number of nitrogens with zero attached hydrogens (tertiary/aromatic N) is 3. The zero-order chi connectivity index (χ0) is 18.9. The third-order valence-corrected chi connectivity index (χ3v) is 5.81. The lowest BCUT2D eigenvalue weighted by molar-refractivity contribution is 0.116. The lowest BCUT2D eigenvalue weighted by Gasteiger charge is -2.35. The Morgan fingerprint density at radius 3 is 2.71 bits per heavy atom. The van der Waals surface area contributed by atoms with Gasteiger partial charge in [-0.2, -0.15) is 5.10 Å². The molecule has 0 bridgehead atoms. The summed E-state index contributed by atoms with van der Waals surface area (Å²) in [6, 6.07) is 17.0. The summed E-state index contributed by atoms with van der Waals surface area (Å²) >= 11 is 0. The Labute approximate surface area is 163 Å². The van der Waals surface area contributed by atoms with Gasteiger partial charge in [-0.05, 0) is 30.5 Å². The van der Waals surface area contributed by atoms with Gasteiger partial charge in [-0.3, -0.25) is 14.9 Å². The predicted molar refractivity (Wildman–Crippen MR) is 109 cm³/mol. The van der Waals surface area contributed by atoms with Gasteiger partial charge in [-0.25, -0.2) is 4.79 Å². The third-order valence-electron chi connectivity index (χ3n) is 5.81. The summed E-state index contributed by atoms with van der Waals surface area (Å²) in [7, 11) is 0. The van der Waals surface area contributed by atoms with Gasteiger partial charge in [0, 0.05) is 44.2 Å². The highest BCUT2D eigenvalue weighted by Gasteiger charge is 2.27. The van der Waals surface area contributed by atoms with Gasteiger partial charge in [0.25, 0.3) is 0 Å². The van der Waals surface area contributed by atoms with Gasteiger partial charge in [-0.15, -0.1) is 0 Å². The first kappa shape index (κ1) is 17.3. The van der Waals surface area contributed by atoms with Gasteiger partial charge in [0.2, 0.25) is 0 Å². The summed E-state index contributed by atoms with van der Waals surface area (Å²) in [5, 5.41) is 7.18. The van der Waals surface area contributed by atoms with Crippen LogP contribution in [0.5, 0.6) is 0 Å². The van der Waals surface area contributed by atoms with E-state index in [1.807, 2.05) is 18.2 Å². The number of fused-ring (bicyclic) bond motifs is 1. The number of benzene rings is 2. The van der Waals surface area contributed by atoms with Crippen LogP contribution in [-0.2, 0) is 6.54 Å². The summed E-state index contributed by atoms with van der Waals surface area (Å²) in [6.07, 6.45) is 3.23. The van der Waals surface area contributed by atoms with E-state index in [0.29, 0.717) is 11.6 Å². The predicted octanol–water partition coefficient (Wildman–Crippen LogP) is 3.20. The van der Waals surface area contributed by atoms with E-state index >= 15 is 0 Å². The van der Waals surface area contributed by atoms with E-state index in [9.17, 15) is 4.79 Å². The van der Waals surface area contributed by atoms with Crippen LogP contribution in [0, 0.1) is 0 Å². The number of hydrazone groups is 1. The lowest BCUT2D eigenvalue weighted by Crippen LogP contribution is -2.41. The zero-order valence-corrected chi connectivity index (χ0v) is 15.8. The van der Waals surface area contributed by atoms with Crippen molar-refractivity contribution in [3.63, 3.8) is 0 Å². The maximum Gasteiger partial charge on any atom is 0.417 e. The maximum atomic E-state index is 11.4. The number of H-pyrrole nitrogens is 1. The summed E-state index contributed by atoms with van der Waals surface area (Å²) in [4.78, 5) is 16.6. The minimum atomic E-state index is -0.413. The number of oxazole rings is 1. The van der Waals surface area contributed by atoms with Gasteiger partial charge < -0.3 is 4.42 Å². The van der Waals surface area contributed by atoms with E-state index < -0.39 is 5.76 Å². The van der Waals surface area contributed by atoms with Crippen molar-refractivity contribution in [1.82, 2.24) is 14.9 Å². The number of likely N-dealkylation sites (tertiary alicyclic amines) is 1. The molecule has 0 amide bonds. The number of aromatic amines is 1. The molecule has 1 N–H and O–H groups in total. The monoisotopic (exact) mass is 376 g/mol. The third kappa shape index (κ3) is 3.47. The molecular formula is C22H24N4O2. The fourth-order valence-corrected chi connectivity index (χ4v) is 4.28. The molecule has 0 aliphatic carbocycles. The van der Waals surface area contributed by atoms with Crippen LogP contribution in [0.1, 0.15) is 30.4 Å². The number of nitrogens with one attached hydrogen (secondary N) is 1. The molecule has 0 saturated carbocycles. The first-order valence-electron chi connectivity index (χ1n) is 9.98. The van der Waals surface area contributed by atoms with Crippen LogP contribution in [0.4, 0.5) is 0 Å². The molecule has 0 spiro atoms. The molecular weight excluding hydrogens is 352 g/mol. The SMILES string of the molecule is O=c1[nH]c2ccc(C3=NN(C4CCN(Cc5ccccc5)CC4)CC3)cc2o1. The number of hydrogen-bond acceptors (Lipinski definition) is 5. The molecule has 3 heterocycles. The molecule has 5 rings (SSSR count). The van der Waals surface area contributed by atoms with Crippen LogP contribution >= 0.6 is 0 Å². The van der Waals surface area contributed by atoms with Crippen molar-refractivity contribution >= 4 is 16.8 Å². The molecule has 2 aliphatic heterocycles. The summed E-state index contributed by atoms with van der Waals surface area (Å²) in [5.74, 6) is -0.413. The first-order valence-corrected chi connectivity index (χ1v) is 9.98. The van der Waals surface area contributed by atoms with Crippen molar-refractivity contribution in [1.29, 1.82) is 0 Å². The maximum absolute atomic E-state index is 11.4. The second-order valence-electron chi connectivity index (χ2n) is 7.68. The Morgan fingerprint density at radius 2 is 1.89 bits per heavy atom. The normalized spacial score (nSPS) is 18.7. The number of hydrogen-bond donors (Lipinski definition) is 1. The van der Waals surface area contributed by atoms with Crippen LogP contribution in [0.3, 0.4) is 0 Å². The number of rotatable bonds is 4. The minimum Gasteiger partial charge on any atom is -0.408 e. The van der Waals surface area contributed by atoms with E-state index in [0.717, 1.165) is 62.2 Å². The molecule has 0 unspecified atom stereocenters. The van der Waals surface area contributed by atoms with Crippen molar-refractivity contribution < 1.29 is 4.42 Å². The van der Waals surface area contributed by atoms with Crippen LogP contribution in [0.25, 0.3) is 11.1 Å². The van der Waals surface area contributed by atoms with Crippen LogP contribution in [0.15, 0.2) is 62.8 Å². The van der Waals surface area contributed by atoms with Crippen molar-refractivity contribution in [3.8, 4) is 0 Å². The highest BCUT2D eigenvalue weighted by Crippen LogP contribution is 2.24. The second kappa shape index (κ2) is 7.28. The van der Waals surface area contributed by atoms with Crippen LogP contribution in [-0.4, -0.2) is 46.3 Å². The van der Waals surface area contributed by atoms with E-state index in [2.05, 4.69) is 45.2 Å². The van der Waals surface area contributed by atoms with Crippen molar-refractivity contribution in [2.24, 2.45) is 5.10 Å². The molecule has 2 aromatic carbocycles. The van der Waals surface area contributed by atoms with Crippen LogP contribution in [0.2, 0.25) is 0 Å². The molecule has 1 fully saturated rings. The topological polar surface area (TPSA) is 64.8 Å². The highest BCUT2D eigenvalue weighted by molar-refractivity contribution is 6.03. The molecule has 6 nitrogen and oxygen atoms in total. The first-order chi connectivity index (χ1) is 13.7. The van der Waals surface area contributed by atoms with Crippen LogP contribution < -0.4 is 5.76 Å². The quantitative estimate of drug-likeness (QED) is 0.759. The van der Waals surface area contributed by atoms with Gasteiger partial charge in [0.05, 0.1) is 11.2 Å². The minimum absolute atomic E-state index is 0.413. The fourth-order valence-electron chi connectivity index (χ4n) is 4.28. The van der Waals surface area contributed by atoms with E-state index in [-0.39, 0.29) is 0 Å². The van der Waals surface area contributed by atoms with E-state index in [1.54, 1.807) is 0 Å². The van der Waals surface area contributed by atoms with Gasteiger partial charge >= 0.3 is 5.76 Å². The molecule has 0 radical (unpaired) electrons. The molecule has 144 valence electrons. The summed E-state index contributed by atoms with van der Waals surface area (Å²) < 4.78 is 5.19. The average Bonchev–Trinajstić information content (AvgIpc) is 3.35. The van der Waals surface area contributed by atoms with Crippen molar-refractivity contribution in [2.45, 2.75) is 31.8 Å². The zero-order valence-electron chi connectivity index (χ0n) is 15.8. The molecule has 2 aliphatic rings. The number of aromatic nitrogens is 1. The van der Waals surface area contributed by atoms with Gasteiger partial charge in [0.15, 0.2) is 5.58 Å². The highest BCUT2D eigenvalue weighted by atomic mass is 16.4. The standard InChI is InChI=1S/C22H24N4O2/c27-22-23-20-7-6-17(14-21(20)28-22)19-10-13-26(24-19)18-8-11-25(12-9-18)15-16-4-2-1-3-5-16/h1-7,14,18H,8-13,15H2,(H,23,27). The van der Waals surface area contributed by atoms with Crippen molar-refractivity contribution in [2.75, 3.05) is 19.6 Å². The Kier molecular flexibility index (Phi) is 4.49. The molecule has 3 aromatic rings. The van der Waals surface area contributed by atoms with E-state index in [1.165, 1.54) is 5.56 Å². The molecule has 0 atom stereocenters. The summed E-state index contributed by atoms with van der Waals surface area (Å²) in [5.41, 5.74) is 4.83. The second-order valence-corrected chi connectivity index (χ2v) is 7.68. The molecule has 28 heavy (non-hydrogen) atoms. The Bertz CT molecular complexity index is 1050.